The lowest BCUT2D eigenvalue weighted by molar-refractivity contribution is -0.123. The molecule has 1 saturated heterocycles. The van der Waals surface area contributed by atoms with E-state index in [9.17, 15) is 4.79 Å². The van der Waals surface area contributed by atoms with Gasteiger partial charge in [-0.3, -0.25) is 14.1 Å². The van der Waals surface area contributed by atoms with Crippen molar-refractivity contribution in [3.8, 4) is 0 Å². The van der Waals surface area contributed by atoms with Crippen LogP contribution in [0.1, 0.15) is 57.2 Å². The van der Waals surface area contributed by atoms with E-state index in [0.717, 1.165) is 43.8 Å². The van der Waals surface area contributed by atoms with Crippen LogP contribution in [0.4, 0.5) is 0 Å². The molecule has 4 rings (SSSR count). The monoisotopic (exact) mass is 355 g/mol. The minimum absolute atomic E-state index is 0.190. The average Bonchev–Trinajstić information content (AvgIpc) is 3.08. The maximum atomic E-state index is 12.4. The second-order valence-corrected chi connectivity index (χ2v) is 7.97. The Balaban J connectivity index is 1.29. The highest BCUT2D eigenvalue weighted by Crippen LogP contribution is 2.27. The molecule has 2 unspecified atom stereocenters. The molecule has 2 atom stereocenters. The van der Waals surface area contributed by atoms with Crippen molar-refractivity contribution in [3.05, 3.63) is 30.2 Å². The van der Waals surface area contributed by atoms with Gasteiger partial charge >= 0.3 is 0 Å². The normalized spacial score (nSPS) is 25.4. The molecule has 3 heterocycles. The van der Waals surface area contributed by atoms with E-state index in [1.807, 2.05) is 24.4 Å². The Morgan fingerprint density at radius 1 is 1.15 bits per heavy atom. The minimum atomic E-state index is 0.190. The van der Waals surface area contributed by atoms with Gasteiger partial charge in [0.2, 0.25) is 5.91 Å². The highest BCUT2D eigenvalue weighted by molar-refractivity contribution is 5.78. The molecule has 0 aromatic carbocycles. The summed E-state index contributed by atoms with van der Waals surface area (Å²) in [5, 5.41) is 11.9. The third-order valence-electron chi connectivity index (χ3n) is 6.12. The molecule has 2 aromatic rings. The Morgan fingerprint density at radius 2 is 1.96 bits per heavy atom. The highest BCUT2D eigenvalue weighted by atomic mass is 16.2. The lowest BCUT2D eigenvalue weighted by atomic mass is 9.86. The molecule has 6 heteroatoms. The molecule has 1 amide bonds. The number of piperidine rings is 1. The number of carbonyl (C=O) groups is 1. The molecule has 2 aromatic heterocycles. The van der Waals surface area contributed by atoms with Gasteiger partial charge in [-0.2, -0.15) is 0 Å². The average molecular weight is 355 g/mol. The van der Waals surface area contributed by atoms with E-state index in [2.05, 4.69) is 31.7 Å². The van der Waals surface area contributed by atoms with Crippen LogP contribution in [0.5, 0.6) is 0 Å². The second kappa shape index (κ2) is 7.74. The summed E-state index contributed by atoms with van der Waals surface area (Å²) in [6.07, 6.45) is 9.02. The number of aromatic nitrogens is 3. The summed E-state index contributed by atoms with van der Waals surface area (Å²) >= 11 is 0. The first-order chi connectivity index (χ1) is 12.7. The van der Waals surface area contributed by atoms with Gasteiger partial charge in [-0.15, -0.1) is 10.2 Å². The van der Waals surface area contributed by atoms with Crippen molar-refractivity contribution >= 4 is 11.6 Å². The summed E-state index contributed by atoms with van der Waals surface area (Å²) in [7, 11) is 0. The number of likely N-dealkylation sites (tertiary alicyclic amines) is 1. The van der Waals surface area contributed by atoms with Crippen LogP contribution in [-0.4, -0.2) is 51.1 Å². The Labute approximate surface area is 155 Å². The number of nitrogens with one attached hydrogen (secondary N) is 1. The topological polar surface area (TPSA) is 62.5 Å². The van der Waals surface area contributed by atoms with Gasteiger partial charge in [-0.1, -0.05) is 25.8 Å². The number of nitrogens with zero attached hydrogens (tertiary/aromatic N) is 4. The van der Waals surface area contributed by atoms with E-state index < -0.39 is 0 Å². The SMILES string of the molecule is CC1CCCCC1NC(=O)CN1CCC(c2nnc3ccccn23)CC1. The lowest BCUT2D eigenvalue weighted by Gasteiger charge is -2.33. The molecule has 1 aliphatic heterocycles. The van der Waals surface area contributed by atoms with Crippen LogP contribution in [0, 0.1) is 5.92 Å². The fourth-order valence-corrected chi connectivity index (χ4v) is 4.47. The second-order valence-electron chi connectivity index (χ2n) is 7.97. The predicted octanol–water partition coefficient (Wildman–Crippen LogP) is 2.60. The van der Waals surface area contributed by atoms with Gasteiger partial charge in [-0.05, 0) is 56.8 Å². The molecule has 6 nitrogen and oxygen atoms in total. The fourth-order valence-electron chi connectivity index (χ4n) is 4.47. The lowest BCUT2D eigenvalue weighted by Crippen LogP contribution is -2.47. The maximum absolute atomic E-state index is 12.4. The minimum Gasteiger partial charge on any atom is -0.352 e. The van der Waals surface area contributed by atoms with Gasteiger partial charge < -0.3 is 5.32 Å². The number of rotatable bonds is 4. The van der Waals surface area contributed by atoms with Crippen LogP contribution in [-0.2, 0) is 4.79 Å². The smallest absolute Gasteiger partial charge is 0.234 e. The van der Waals surface area contributed by atoms with E-state index >= 15 is 0 Å². The zero-order valence-electron chi connectivity index (χ0n) is 15.6. The van der Waals surface area contributed by atoms with Crippen molar-refractivity contribution < 1.29 is 4.79 Å². The summed E-state index contributed by atoms with van der Waals surface area (Å²) in [4.78, 5) is 14.7. The third kappa shape index (κ3) is 3.75. The van der Waals surface area contributed by atoms with Crippen molar-refractivity contribution in [2.24, 2.45) is 5.92 Å². The molecular weight excluding hydrogens is 326 g/mol. The van der Waals surface area contributed by atoms with Crippen molar-refractivity contribution in [1.82, 2.24) is 24.8 Å². The molecule has 1 aliphatic carbocycles. The third-order valence-corrected chi connectivity index (χ3v) is 6.12. The zero-order valence-corrected chi connectivity index (χ0v) is 15.6. The number of hydrogen-bond donors (Lipinski definition) is 1. The van der Waals surface area contributed by atoms with E-state index in [-0.39, 0.29) is 5.91 Å². The first-order valence-corrected chi connectivity index (χ1v) is 10.0. The van der Waals surface area contributed by atoms with Crippen molar-refractivity contribution in [1.29, 1.82) is 0 Å². The molecule has 2 fully saturated rings. The van der Waals surface area contributed by atoms with Gasteiger partial charge in [0.05, 0.1) is 6.54 Å². The van der Waals surface area contributed by atoms with Crippen LogP contribution in [0.15, 0.2) is 24.4 Å². The first-order valence-electron chi connectivity index (χ1n) is 10.0. The van der Waals surface area contributed by atoms with Gasteiger partial charge in [0.25, 0.3) is 0 Å². The Bertz CT molecular complexity index is 749. The molecule has 26 heavy (non-hydrogen) atoms. The van der Waals surface area contributed by atoms with Crippen LogP contribution >= 0.6 is 0 Å². The number of fused-ring (bicyclic) bond motifs is 1. The largest absolute Gasteiger partial charge is 0.352 e. The maximum Gasteiger partial charge on any atom is 0.234 e. The summed E-state index contributed by atoms with van der Waals surface area (Å²) in [6.45, 7) is 4.68. The van der Waals surface area contributed by atoms with E-state index in [0.29, 0.717) is 24.4 Å². The van der Waals surface area contributed by atoms with Gasteiger partial charge in [0.15, 0.2) is 5.65 Å². The molecule has 1 saturated carbocycles. The quantitative estimate of drug-likeness (QED) is 0.916. The van der Waals surface area contributed by atoms with Crippen LogP contribution in [0.3, 0.4) is 0 Å². The first kappa shape index (κ1) is 17.5. The summed E-state index contributed by atoms with van der Waals surface area (Å²) < 4.78 is 2.09. The van der Waals surface area contributed by atoms with E-state index in [1.165, 1.54) is 19.3 Å². The van der Waals surface area contributed by atoms with Crippen LogP contribution in [0.25, 0.3) is 5.65 Å². The highest BCUT2D eigenvalue weighted by Gasteiger charge is 2.27. The molecule has 0 spiro atoms. The van der Waals surface area contributed by atoms with Crippen LogP contribution < -0.4 is 5.32 Å². The number of pyridine rings is 1. The zero-order chi connectivity index (χ0) is 17.9. The van der Waals surface area contributed by atoms with Gasteiger partial charge in [-0.25, -0.2) is 0 Å². The molecule has 1 N–H and O–H groups in total. The Hall–Kier alpha value is -1.95. The fraction of sp³-hybridized carbons (Fsp3) is 0.650. The van der Waals surface area contributed by atoms with Gasteiger partial charge in [0.1, 0.15) is 5.82 Å². The number of hydrogen-bond acceptors (Lipinski definition) is 4. The summed E-state index contributed by atoms with van der Waals surface area (Å²) in [5.41, 5.74) is 0.908. The molecular formula is C20H29N5O. The molecule has 2 aliphatic rings. The summed E-state index contributed by atoms with van der Waals surface area (Å²) in [6, 6.07) is 6.37. The van der Waals surface area contributed by atoms with Crippen molar-refractivity contribution in [2.75, 3.05) is 19.6 Å². The van der Waals surface area contributed by atoms with Gasteiger partial charge in [0, 0.05) is 18.2 Å². The molecule has 140 valence electrons. The van der Waals surface area contributed by atoms with Crippen LogP contribution in [0.2, 0.25) is 0 Å². The Morgan fingerprint density at radius 3 is 2.77 bits per heavy atom. The predicted molar refractivity (Wildman–Crippen MR) is 101 cm³/mol. The summed E-state index contributed by atoms with van der Waals surface area (Å²) in [5.74, 6) is 2.28. The number of amides is 1. The standard InChI is InChI=1S/C20H29N5O/c1-15-6-2-3-7-17(15)21-19(26)14-24-12-9-16(10-13-24)20-23-22-18-8-4-5-11-25(18)20/h4-5,8,11,15-17H,2-3,6-7,9-10,12-14H2,1H3,(H,21,26). The molecule has 0 radical (unpaired) electrons. The molecule has 0 bridgehead atoms. The Kier molecular flexibility index (Phi) is 5.20. The van der Waals surface area contributed by atoms with Crippen molar-refractivity contribution in [2.45, 2.75) is 57.4 Å². The van der Waals surface area contributed by atoms with Crippen molar-refractivity contribution in [3.63, 3.8) is 0 Å². The number of carbonyl (C=O) groups excluding carboxylic acids is 1. The van der Waals surface area contributed by atoms with E-state index in [4.69, 9.17) is 0 Å². The van der Waals surface area contributed by atoms with E-state index in [1.54, 1.807) is 0 Å².